The van der Waals surface area contributed by atoms with Gasteiger partial charge in [0.2, 0.25) is 5.91 Å². The van der Waals surface area contributed by atoms with Crippen LogP contribution in [0.15, 0.2) is 24.3 Å². The Balaban J connectivity index is 2.01. The van der Waals surface area contributed by atoms with Crippen LogP contribution in [-0.2, 0) is 4.79 Å². The Hall–Kier alpha value is -1.86. The number of nitriles is 1. The fourth-order valence-electron chi connectivity index (χ4n) is 2.68. The fourth-order valence-corrected chi connectivity index (χ4v) is 2.68. The molecule has 0 radical (unpaired) electrons. The topological polar surface area (TPSA) is 47.3 Å². The van der Waals surface area contributed by atoms with E-state index in [4.69, 9.17) is 0 Å². The van der Waals surface area contributed by atoms with Gasteiger partial charge in [-0.05, 0) is 12.5 Å². The zero-order chi connectivity index (χ0) is 15.4. The molecule has 0 aromatic heterocycles. The molecule has 1 amide bonds. The molecule has 1 atom stereocenters. The van der Waals surface area contributed by atoms with Gasteiger partial charge in [-0.25, -0.2) is 0 Å². The minimum atomic E-state index is -0.220. The highest BCUT2D eigenvalue weighted by Crippen LogP contribution is 2.22. The lowest BCUT2D eigenvalue weighted by Crippen LogP contribution is -2.50. The number of hydrogen-bond acceptors (Lipinski definition) is 3. The highest BCUT2D eigenvalue weighted by Gasteiger charge is 2.27. The lowest BCUT2D eigenvalue weighted by molar-refractivity contribution is -0.136. The predicted octanol–water partition coefficient (Wildman–Crippen LogP) is 2.36. The monoisotopic (exact) mass is 285 g/mol. The van der Waals surface area contributed by atoms with E-state index in [1.54, 1.807) is 0 Å². The van der Waals surface area contributed by atoms with E-state index in [0.29, 0.717) is 13.1 Å². The Labute approximate surface area is 127 Å². The maximum absolute atomic E-state index is 12.0. The first kappa shape index (κ1) is 15.5. The van der Waals surface area contributed by atoms with Crippen molar-refractivity contribution in [3.8, 4) is 6.07 Å². The molecule has 1 aliphatic heterocycles. The van der Waals surface area contributed by atoms with Crippen molar-refractivity contribution in [1.29, 1.82) is 5.26 Å². The van der Waals surface area contributed by atoms with Crippen molar-refractivity contribution in [3.05, 3.63) is 35.4 Å². The molecule has 1 unspecified atom stereocenters. The normalized spacial score (nSPS) is 17.6. The third-order valence-electron chi connectivity index (χ3n) is 4.00. The lowest BCUT2D eigenvalue weighted by Gasteiger charge is -2.37. The SMILES string of the molecule is Cc1ccc(C(C#N)N2CCN(C(=O)C(C)C)CC2)cc1. The summed E-state index contributed by atoms with van der Waals surface area (Å²) in [6.07, 6.45) is 0. The smallest absolute Gasteiger partial charge is 0.225 e. The van der Waals surface area contributed by atoms with Crippen LogP contribution in [-0.4, -0.2) is 41.9 Å². The van der Waals surface area contributed by atoms with Crippen molar-refractivity contribution in [2.24, 2.45) is 5.92 Å². The first-order valence-electron chi connectivity index (χ1n) is 7.52. The molecule has 1 fully saturated rings. The molecule has 0 N–H and O–H groups in total. The molecule has 4 nitrogen and oxygen atoms in total. The summed E-state index contributed by atoms with van der Waals surface area (Å²) in [6.45, 7) is 8.83. The maximum Gasteiger partial charge on any atom is 0.225 e. The Morgan fingerprint density at radius 3 is 2.19 bits per heavy atom. The molecular weight excluding hydrogens is 262 g/mol. The summed E-state index contributed by atoms with van der Waals surface area (Å²) >= 11 is 0. The molecule has 2 rings (SSSR count). The summed E-state index contributed by atoms with van der Waals surface area (Å²) in [5.41, 5.74) is 2.23. The largest absolute Gasteiger partial charge is 0.340 e. The average Bonchev–Trinajstić information content (AvgIpc) is 2.50. The van der Waals surface area contributed by atoms with Gasteiger partial charge in [-0.1, -0.05) is 43.7 Å². The second kappa shape index (κ2) is 6.73. The molecule has 0 bridgehead atoms. The van der Waals surface area contributed by atoms with Crippen LogP contribution >= 0.6 is 0 Å². The number of carbonyl (C=O) groups excluding carboxylic acids is 1. The van der Waals surface area contributed by atoms with E-state index in [-0.39, 0.29) is 17.9 Å². The summed E-state index contributed by atoms with van der Waals surface area (Å²) in [5, 5.41) is 9.49. The molecule has 1 heterocycles. The molecule has 4 heteroatoms. The van der Waals surface area contributed by atoms with Crippen LogP contribution in [0.3, 0.4) is 0 Å². The van der Waals surface area contributed by atoms with E-state index in [0.717, 1.165) is 18.7 Å². The van der Waals surface area contributed by atoms with Crippen molar-refractivity contribution in [1.82, 2.24) is 9.80 Å². The van der Waals surface area contributed by atoms with Crippen molar-refractivity contribution in [2.75, 3.05) is 26.2 Å². The molecule has 21 heavy (non-hydrogen) atoms. The fraction of sp³-hybridized carbons (Fsp3) is 0.529. The molecule has 112 valence electrons. The van der Waals surface area contributed by atoms with Gasteiger partial charge in [-0.2, -0.15) is 5.26 Å². The van der Waals surface area contributed by atoms with Crippen LogP contribution in [0.25, 0.3) is 0 Å². The zero-order valence-electron chi connectivity index (χ0n) is 13.0. The van der Waals surface area contributed by atoms with Crippen molar-refractivity contribution < 1.29 is 4.79 Å². The first-order valence-corrected chi connectivity index (χ1v) is 7.52. The summed E-state index contributed by atoms with van der Waals surface area (Å²) in [4.78, 5) is 16.1. The van der Waals surface area contributed by atoms with Crippen LogP contribution in [0.2, 0.25) is 0 Å². The van der Waals surface area contributed by atoms with Crippen LogP contribution in [0, 0.1) is 24.2 Å². The number of piperazine rings is 1. The molecule has 0 aliphatic carbocycles. The lowest BCUT2D eigenvalue weighted by atomic mass is 10.0. The van der Waals surface area contributed by atoms with E-state index in [9.17, 15) is 10.1 Å². The van der Waals surface area contributed by atoms with E-state index in [1.807, 2.05) is 49.9 Å². The third kappa shape index (κ3) is 3.62. The van der Waals surface area contributed by atoms with Crippen LogP contribution in [0.5, 0.6) is 0 Å². The number of rotatable bonds is 3. The van der Waals surface area contributed by atoms with Gasteiger partial charge in [-0.3, -0.25) is 9.69 Å². The zero-order valence-corrected chi connectivity index (χ0v) is 13.0. The molecule has 1 aromatic carbocycles. The summed E-state index contributed by atoms with van der Waals surface area (Å²) in [5.74, 6) is 0.249. The highest BCUT2D eigenvalue weighted by atomic mass is 16.2. The van der Waals surface area contributed by atoms with E-state index in [2.05, 4.69) is 11.0 Å². The van der Waals surface area contributed by atoms with E-state index < -0.39 is 0 Å². The number of hydrogen-bond donors (Lipinski definition) is 0. The molecular formula is C17H23N3O. The Morgan fingerprint density at radius 1 is 1.14 bits per heavy atom. The van der Waals surface area contributed by atoms with Crippen molar-refractivity contribution in [3.63, 3.8) is 0 Å². The van der Waals surface area contributed by atoms with Crippen molar-refractivity contribution >= 4 is 5.91 Å². The molecule has 0 saturated carbocycles. The van der Waals surface area contributed by atoms with Gasteiger partial charge >= 0.3 is 0 Å². The van der Waals surface area contributed by atoms with Gasteiger partial charge in [0.15, 0.2) is 0 Å². The van der Waals surface area contributed by atoms with Gasteiger partial charge < -0.3 is 4.90 Å². The second-order valence-corrected chi connectivity index (χ2v) is 5.96. The third-order valence-corrected chi connectivity index (χ3v) is 4.00. The van der Waals surface area contributed by atoms with Crippen molar-refractivity contribution in [2.45, 2.75) is 26.8 Å². The number of amides is 1. The van der Waals surface area contributed by atoms with Gasteiger partial charge in [0.25, 0.3) is 0 Å². The Kier molecular flexibility index (Phi) is 4.98. The minimum Gasteiger partial charge on any atom is -0.340 e. The average molecular weight is 285 g/mol. The minimum absolute atomic E-state index is 0.0420. The number of carbonyl (C=O) groups is 1. The summed E-state index contributed by atoms with van der Waals surface area (Å²) < 4.78 is 0. The van der Waals surface area contributed by atoms with Gasteiger partial charge in [0.1, 0.15) is 6.04 Å². The highest BCUT2D eigenvalue weighted by molar-refractivity contribution is 5.78. The van der Waals surface area contributed by atoms with Crippen LogP contribution in [0.1, 0.15) is 31.0 Å². The van der Waals surface area contributed by atoms with Gasteiger partial charge in [-0.15, -0.1) is 0 Å². The van der Waals surface area contributed by atoms with Crippen LogP contribution < -0.4 is 0 Å². The maximum atomic E-state index is 12.0. The molecule has 1 aromatic rings. The summed E-state index contributed by atoms with van der Waals surface area (Å²) in [6, 6.07) is 10.3. The molecule has 0 spiro atoms. The quantitative estimate of drug-likeness (QED) is 0.856. The first-order chi connectivity index (χ1) is 10.0. The number of nitrogens with zero attached hydrogens (tertiary/aromatic N) is 3. The molecule has 1 saturated heterocycles. The Bertz CT molecular complexity index is 522. The van der Waals surface area contributed by atoms with Gasteiger partial charge in [0, 0.05) is 32.1 Å². The van der Waals surface area contributed by atoms with E-state index >= 15 is 0 Å². The summed E-state index contributed by atoms with van der Waals surface area (Å²) in [7, 11) is 0. The molecule has 1 aliphatic rings. The van der Waals surface area contributed by atoms with E-state index in [1.165, 1.54) is 5.56 Å². The Morgan fingerprint density at radius 2 is 1.71 bits per heavy atom. The number of aryl methyl sites for hydroxylation is 1. The van der Waals surface area contributed by atoms with Crippen LogP contribution in [0.4, 0.5) is 0 Å². The van der Waals surface area contributed by atoms with Gasteiger partial charge in [0.05, 0.1) is 6.07 Å². The predicted molar refractivity (Wildman–Crippen MR) is 82.5 cm³/mol. The standard InChI is InChI=1S/C17H23N3O/c1-13(2)17(21)20-10-8-19(9-11-20)16(12-18)15-6-4-14(3)5-7-15/h4-7,13,16H,8-11H2,1-3H3. The second-order valence-electron chi connectivity index (χ2n) is 5.96. The number of benzene rings is 1.